The largest absolute Gasteiger partial charge is 0.507 e. The molecule has 172 valence electrons. The summed E-state index contributed by atoms with van der Waals surface area (Å²) in [6, 6.07) is 1.27. The van der Waals surface area contributed by atoms with Gasteiger partial charge in [-0.15, -0.1) is 23.2 Å². The van der Waals surface area contributed by atoms with E-state index in [4.69, 9.17) is 27.9 Å². The first-order valence-corrected chi connectivity index (χ1v) is 11.7. The molecular formula is C25H28Cl2O5. The first-order valence-electron chi connectivity index (χ1n) is 10.9. The van der Waals surface area contributed by atoms with Gasteiger partial charge in [0.2, 0.25) is 0 Å². The van der Waals surface area contributed by atoms with E-state index < -0.39 is 38.8 Å². The molecule has 0 aromatic heterocycles. The molecule has 5 aliphatic rings. The number of hydrogen-bond donors (Lipinski definition) is 2. The number of halogens is 2. The Bertz CT molecular complexity index is 1090. The van der Waals surface area contributed by atoms with Crippen molar-refractivity contribution in [3.63, 3.8) is 0 Å². The molecule has 1 heterocycles. The van der Waals surface area contributed by atoms with Gasteiger partial charge in [0.05, 0.1) is 16.5 Å². The van der Waals surface area contributed by atoms with Gasteiger partial charge in [0, 0.05) is 24.0 Å². The van der Waals surface area contributed by atoms with Crippen molar-refractivity contribution in [2.24, 2.45) is 0 Å². The molecule has 32 heavy (non-hydrogen) atoms. The van der Waals surface area contributed by atoms with Crippen molar-refractivity contribution in [3.8, 4) is 11.5 Å². The zero-order valence-electron chi connectivity index (χ0n) is 18.7. The lowest BCUT2D eigenvalue weighted by atomic mass is 9.63. The van der Waals surface area contributed by atoms with Crippen molar-refractivity contribution in [1.82, 2.24) is 0 Å². The Morgan fingerprint density at radius 2 is 1.78 bits per heavy atom. The van der Waals surface area contributed by atoms with Crippen molar-refractivity contribution >= 4 is 34.8 Å². The summed E-state index contributed by atoms with van der Waals surface area (Å²) in [7, 11) is 0. The lowest BCUT2D eigenvalue weighted by molar-refractivity contribution is -0.157. The maximum atomic E-state index is 14.0. The van der Waals surface area contributed by atoms with E-state index in [1.54, 1.807) is 13.8 Å². The predicted molar refractivity (Wildman–Crippen MR) is 124 cm³/mol. The first kappa shape index (κ1) is 23.3. The van der Waals surface area contributed by atoms with Crippen LogP contribution in [-0.4, -0.2) is 43.2 Å². The van der Waals surface area contributed by atoms with Gasteiger partial charge in [-0.2, -0.15) is 0 Å². The second kappa shape index (κ2) is 7.61. The molecule has 0 radical (unpaired) electrons. The van der Waals surface area contributed by atoms with E-state index in [1.165, 1.54) is 6.07 Å². The molecule has 1 spiro atoms. The minimum atomic E-state index is -1.78. The summed E-state index contributed by atoms with van der Waals surface area (Å²) in [5.74, 6) is -1.76. The van der Waals surface area contributed by atoms with E-state index in [2.05, 4.69) is 0 Å². The number of fused-ring (bicyclic) bond motifs is 1. The average molecular weight is 479 g/mol. The molecule has 2 N–H and O–H groups in total. The summed E-state index contributed by atoms with van der Waals surface area (Å²) in [6.07, 6.45) is 5.82. The number of carbonyl (C=O) groups is 2. The van der Waals surface area contributed by atoms with Gasteiger partial charge in [-0.1, -0.05) is 23.3 Å². The van der Waals surface area contributed by atoms with Gasteiger partial charge in [0.15, 0.2) is 17.2 Å². The smallest absolute Gasteiger partial charge is 0.198 e. The van der Waals surface area contributed by atoms with Crippen molar-refractivity contribution in [2.75, 3.05) is 0 Å². The molecule has 4 bridgehead atoms. The zero-order valence-corrected chi connectivity index (χ0v) is 20.2. The van der Waals surface area contributed by atoms with E-state index in [-0.39, 0.29) is 41.7 Å². The zero-order chi connectivity index (χ0) is 23.6. The molecule has 1 aromatic rings. The molecule has 4 aliphatic carbocycles. The number of phenols is 2. The SMILES string of the molecule is C/C1=C/CC23OC(C)(C)C(Cl)CC2(Cl)C(=O)c2c(cc(O)c(c2O)C/C(C)=C\CC1)C3=O. The van der Waals surface area contributed by atoms with Gasteiger partial charge in [0.1, 0.15) is 16.4 Å². The molecule has 1 aliphatic heterocycles. The number of rotatable bonds is 0. The Morgan fingerprint density at radius 1 is 1.09 bits per heavy atom. The lowest BCUT2D eigenvalue weighted by Crippen LogP contribution is -2.72. The third-order valence-corrected chi connectivity index (χ3v) is 8.41. The molecule has 6 rings (SSSR count). The molecule has 1 aromatic carbocycles. The number of ether oxygens (including phenoxy) is 1. The minimum Gasteiger partial charge on any atom is -0.507 e. The molecule has 0 saturated carbocycles. The molecule has 3 unspecified atom stereocenters. The molecule has 1 saturated heterocycles. The Labute approximate surface area is 198 Å². The Balaban J connectivity index is 2.06. The summed E-state index contributed by atoms with van der Waals surface area (Å²) >= 11 is 13.6. The van der Waals surface area contributed by atoms with Gasteiger partial charge >= 0.3 is 0 Å². The highest BCUT2D eigenvalue weighted by molar-refractivity contribution is 6.45. The van der Waals surface area contributed by atoms with Crippen LogP contribution in [0.15, 0.2) is 29.4 Å². The fourth-order valence-electron chi connectivity index (χ4n) is 5.06. The lowest BCUT2D eigenvalue weighted by Gasteiger charge is -2.56. The van der Waals surface area contributed by atoms with Gasteiger partial charge in [-0.25, -0.2) is 0 Å². The number of alkyl halides is 2. The molecule has 7 heteroatoms. The number of ketones is 2. The van der Waals surface area contributed by atoms with Crippen LogP contribution in [0.5, 0.6) is 11.5 Å². The maximum Gasteiger partial charge on any atom is 0.198 e. The highest BCUT2D eigenvalue weighted by Crippen LogP contribution is 2.57. The van der Waals surface area contributed by atoms with E-state index in [0.29, 0.717) is 0 Å². The van der Waals surface area contributed by atoms with Crippen LogP contribution in [0.3, 0.4) is 0 Å². The first-order chi connectivity index (χ1) is 14.8. The van der Waals surface area contributed by atoms with E-state index >= 15 is 0 Å². The third kappa shape index (κ3) is 3.24. The van der Waals surface area contributed by atoms with Crippen LogP contribution < -0.4 is 0 Å². The topological polar surface area (TPSA) is 83.8 Å². The van der Waals surface area contributed by atoms with Crippen molar-refractivity contribution < 1.29 is 24.5 Å². The Kier molecular flexibility index (Phi) is 5.55. The predicted octanol–water partition coefficient (Wildman–Crippen LogP) is 5.62. The van der Waals surface area contributed by atoms with Crippen LogP contribution in [0.2, 0.25) is 0 Å². The van der Waals surface area contributed by atoms with Crippen LogP contribution in [0.25, 0.3) is 0 Å². The van der Waals surface area contributed by atoms with Gasteiger partial charge in [-0.3, -0.25) is 9.59 Å². The van der Waals surface area contributed by atoms with E-state index in [0.717, 1.165) is 24.0 Å². The van der Waals surface area contributed by atoms with Crippen LogP contribution in [0.4, 0.5) is 0 Å². The Morgan fingerprint density at radius 3 is 2.47 bits per heavy atom. The average Bonchev–Trinajstić information content (AvgIpc) is 2.70. The van der Waals surface area contributed by atoms with Crippen LogP contribution >= 0.6 is 23.2 Å². The number of hydrogen-bond acceptors (Lipinski definition) is 5. The van der Waals surface area contributed by atoms with Crippen molar-refractivity contribution in [2.45, 2.75) is 81.3 Å². The van der Waals surface area contributed by atoms with Gasteiger partial charge < -0.3 is 14.9 Å². The minimum absolute atomic E-state index is 0.00852. The monoisotopic (exact) mass is 478 g/mol. The number of carbonyl (C=O) groups excluding carboxylic acids is 2. The van der Waals surface area contributed by atoms with Crippen molar-refractivity contribution in [1.29, 1.82) is 0 Å². The summed E-state index contributed by atoms with van der Waals surface area (Å²) < 4.78 is 6.36. The number of phenolic OH excluding ortho intramolecular Hbond substituents is 2. The van der Waals surface area contributed by atoms with Crippen molar-refractivity contribution in [3.05, 3.63) is 46.1 Å². The summed E-state index contributed by atoms with van der Waals surface area (Å²) in [5, 5.41) is 21.1. The van der Waals surface area contributed by atoms with Crippen LogP contribution in [0, 0.1) is 0 Å². The number of aromatic hydroxyl groups is 2. The second-order valence-corrected chi connectivity index (χ2v) is 11.0. The fraction of sp³-hybridized carbons (Fsp3) is 0.520. The highest BCUT2D eigenvalue weighted by Gasteiger charge is 2.70. The van der Waals surface area contributed by atoms with E-state index in [9.17, 15) is 19.8 Å². The van der Waals surface area contributed by atoms with E-state index in [1.807, 2.05) is 26.0 Å². The normalized spacial score (nSPS) is 35.5. The summed E-state index contributed by atoms with van der Waals surface area (Å²) in [5.41, 5.74) is -0.664. The summed E-state index contributed by atoms with van der Waals surface area (Å²) in [4.78, 5) is 26.1. The van der Waals surface area contributed by atoms with Crippen LogP contribution in [-0.2, 0) is 11.2 Å². The van der Waals surface area contributed by atoms with Gasteiger partial charge in [-0.05, 0) is 53.0 Å². The molecular weight excluding hydrogens is 451 g/mol. The fourth-order valence-corrected chi connectivity index (χ4v) is 5.87. The van der Waals surface area contributed by atoms with Crippen LogP contribution in [0.1, 0.15) is 79.7 Å². The molecule has 0 amide bonds. The number of Topliss-reactive ketones (excluding diaryl/α,β-unsaturated/α-hetero) is 2. The molecule has 1 fully saturated rings. The third-order valence-electron chi connectivity index (χ3n) is 7.10. The summed E-state index contributed by atoms with van der Waals surface area (Å²) in [6.45, 7) is 7.43. The quantitative estimate of drug-likeness (QED) is 0.373. The Hall–Kier alpha value is -1.82. The molecule has 3 atom stereocenters. The number of allylic oxidation sites excluding steroid dienone is 3. The number of benzene rings is 1. The highest BCUT2D eigenvalue weighted by atomic mass is 35.5. The molecule has 5 nitrogen and oxygen atoms in total. The second-order valence-electron chi connectivity index (χ2n) is 9.83. The standard InChI is InChI=1S/C25H28Cl2O5/c1-13-6-5-7-14(2)10-15-17(28)11-16-19(20(15)29)22(31)24(27)12-18(26)23(3,4)32-25(24,9-8-13)21(16)30/h7-8,11,18,28-29H,5-6,9-10,12H2,1-4H3/b13-8-,14-7-. The van der Waals surface area contributed by atoms with Gasteiger partial charge in [0.25, 0.3) is 0 Å². The maximum absolute atomic E-state index is 14.0.